The second-order valence-electron chi connectivity index (χ2n) is 9.06. The number of nitrogens with zero attached hydrogens (tertiary/aromatic N) is 2. The van der Waals surface area contributed by atoms with Gasteiger partial charge < -0.3 is 14.5 Å². The summed E-state index contributed by atoms with van der Waals surface area (Å²) < 4.78 is 6.93. The Kier molecular flexibility index (Phi) is 7.46. The molecule has 0 saturated heterocycles. The van der Waals surface area contributed by atoms with Crippen LogP contribution >= 0.6 is 38.9 Å². The van der Waals surface area contributed by atoms with Crippen molar-refractivity contribution in [2.75, 3.05) is 26.2 Å². The minimum Gasteiger partial charge on any atom is -0.491 e. The molecular weight excluding hydrogens is 548 g/mol. The van der Waals surface area contributed by atoms with Crippen LogP contribution in [0.15, 0.2) is 64.5 Å². The molecule has 182 valence electrons. The highest BCUT2D eigenvalue weighted by Gasteiger charge is 2.35. The minimum absolute atomic E-state index is 0.0458. The molecule has 0 bridgehead atoms. The number of thiophene rings is 1. The van der Waals surface area contributed by atoms with E-state index >= 15 is 0 Å². The monoisotopic (exact) mass is 572 g/mol. The molecule has 1 fully saturated rings. The van der Waals surface area contributed by atoms with Gasteiger partial charge in [-0.2, -0.15) is 0 Å². The first-order chi connectivity index (χ1) is 17.0. The average Bonchev–Trinajstić information content (AvgIpc) is 3.54. The van der Waals surface area contributed by atoms with Crippen molar-refractivity contribution >= 4 is 50.7 Å². The lowest BCUT2D eigenvalue weighted by Gasteiger charge is -2.37. The lowest BCUT2D eigenvalue weighted by molar-refractivity contribution is -0.135. The molecule has 2 amide bonds. The third-order valence-corrected chi connectivity index (χ3v) is 8.24. The van der Waals surface area contributed by atoms with Crippen molar-refractivity contribution in [3.8, 4) is 5.75 Å². The molecule has 3 aromatic rings. The fraction of sp³-hybridized carbons (Fsp3) is 0.333. The number of ether oxygens (including phenoxy) is 1. The molecule has 2 aliphatic rings. The number of rotatable bonds is 8. The summed E-state index contributed by atoms with van der Waals surface area (Å²) in [6.45, 7) is 1.64. The zero-order valence-corrected chi connectivity index (χ0v) is 22.3. The van der Waals surface area contributed by atoms with Crippen LogP contribution in [0, 0.1) is 5.92 Å². The molecular formula is C27H26BrClN2O3S. The van der Waals surface area contributed by atoms with E-state index in [1.54, 1.807) is 34.4 Å². The van der Waals surface area contributed by atoms with Crippen LogP contribution in [-0.2, 0) is 11.2 Å². The van der Waals surface area contributed by atoms with Gasteiger partial charge in [0.25, 0.3) is 5.91 Å². The van der Waals surface area contributed by atoms with Gasteiger partial charge in [0, 0.05) is 33.0 Å². The largest absolute Gasteiger partial charge is 0.491 e. The van der Waals surface area contributed by atoms with E-state index in [-0.39, 0.29) is 24.4 Å². The molecule has 1 unspecified atom stereocenters. The number of hydrogen-bond donors (Lipinski definition) is 0. The number of halogens is 2. The van der Waals surface area contributed by atoms with Crippen molar-refractivity contribution in [2.24, 2.45) is 5.92 Å². The fourth-order valence-corrected chi connectivity index (χ4v) is 5.92. The summed E-state index contributed by atoms with van der Waals surface area (Å²) in [4.78, 5) is 31.9. The summed E-state index contributed by atoms with van der Waals surface area (Å²) in [6.07, 6.45) is 3.03. The minimum atomic E-state index is -0.197. The van der Waals surface area contributed by atoms with Gasteiger partial charge in [-0.15, -0.1) is 11.3 Å². The molecule has 0 radical (unpaired) electrons. The van der Waals surface area contributed by atoms with E-state index in [1.807, 2.05) is 35.2 Å². The van der Waals surface area contributed by atoms with Gasteiger partial charge in [0.05, 0.1) is 6.04 Å². The summed E-state index contributed by atoms with van der Waals surface area (Å²) >= 11 is 11.2. The number of carbonyl (C=O) groups is 2. The number of benzene rings is 2. The van der Waals surface area contributed by atoms with Crippen LogP contribution in [0.2, 0.25) is 5.02 Å². The molecule has 1 saturated carbocycles. The van der Waals surface area contributed by atoms with Crippen molar-refractivity contribution in [1.82, 2.24) is 9.80 Å². The maximum atomic E-state index is 13.7. The second-order valence-corrected chi connectivity index (χ2v) is 11.4. The normalized spacial score (nSPS) is 17.1. The Hall–Kier alpha value is -2.35. The van der Waals surface area contributed by atoms with Crippen LogP contribution in [-0.4, -0.2) is 47.9 Å². The van der Waals surface area contributed by atoms with Crippen LogP contribution in [0.25, 0.3) is 0 Å². The quantitative estimate of drug-likeness (QED) is 0.321. The van der Waals surface area contributed by atoms with E-state index in [0.717, 1.165) is 29.3 Å². The summed E-state index contributed by atoms with van der Waals surface area (Å²) in [5, 5.41) is 2.72. The maximum absolute atomic E-state index is 13.7. The lowest BCUT2D eigenvalue weighted by Crippen LogP contribution is -2.48. The van der Waals surface area contributed by atoms with E-state index in [0.29, 0.717) is 41.9 Å². The molecule has 5 nitrogen and oxygen atoms in total. The van der Waals surface area contributed by atoms with Gasteiger partial charge in [0.2, 0.25) is 5.91 Å². The van der Waals surface area contributed by atoms with Crippen molar-refractivity contribution in [2.45, 2.75) is 25.3 Å². The van der Waals surface area contributed by atoms with Crippen molar-refractivity contribution < 1.29 is 14.3 Å². The average molecular weight is 574 g/mol. The van der Waals surface area contributed by atoms with Crippen molar-refractivity contribution in [3.05, 3.63) is 85.5 Å². The Morgan fingerprint density at radius 3 is 2.69 bits per heavy atom. The predicted molar refractivity (Wildman–Crippen MR) is 142 cm³/mol. The fourth-order valence-electron chi connectivity index (χ4n) is 4.47. The third kappa shape index (κ3) is 5.90. The van der Waals surface area contributed by atoms with Crippen LogP contribution in [0.3, 0.4) is 0 Å². The molecule has 1 atom stereocenters. The smallest absolute Gasteiger partial charge is 0.254 e. The van der Waals surface area contributed by atoms with Gasteiger partial charge in [-0.1, -0.05) is 33.6 Å². The Morgan fingerprint density at radius 1 is 1.14 bits per heavy atom. The Bertz CT molecular complexity index is 1210. The Balaban J connectivity index is 1.34. The van der Waals surface area contributed by atoms with E-state index in [1.165, 1.54) is 4.88 Å². The van der Waals surface area contributed by atoms with E-state index in [9.17, 15) is 9.59 Å². The van der Waals surface area contributed by atoms with Gasteiger partial charge in [0.15, 0.2) is 0 Å². The van der Waals surface area contributed by atoms with E-state index < -0.39 is 0 Å². The maximum Gasteiger partial charge on any atom is 0.254 e. The standard InChI is InChI=1S/C27H26BrClN2O3S/c28-20-3-1-2-19(14-20)27(33)30(15-18-4-5-18)16-26(32)31-12-10-25-23(11-13-35-25)24(31)17-34-22-8-6-21(29)7-9-22/h1-3,6-9,11,13-14,18,24H,4-5,10,12,15-17H2. The highest BCUT2D eigenvalue weighted by atomic mass is 79.9. The molecule has 2 heterocycles. The number of hydrogen-bond acceptors (Lipinski definition) is 4. The Labute approximate surface area is 222 Å². The van der Waals surface area contributed by atoms with E-state index in [4.69, 9.17) is 16.3 Å². The van der Waals surface area contributed by atoms with Gasteiger partial charge in [-0.25, -0.2) is 0 Å². The SMILES string of the molecule is O=C(c1cccc(Br)c1)N(CC(=O)N1CCc2sccc2C1COc1ccc(Cl)cc1)CC1CC1. The second kappa shape index (κ2) is 10.7. The topological polar surface area (TPSA) is 49.9 Å². The summed E-state index contributed by atoms with van der Waals surface area (Å²) in [5.74, 6) is 1.04. The van der Waals surface area contributed by atoms with Gasteiger partial charge >= 0.3 is 0 Å². The lowest BCUT2D eigenvalue weighted by atomic mass is 10.0. The number of carbonyl (C=O) groups excluding carboxylic acids is 2. The first-order valence-corrected chi connectivity index (χ1v) is 13.8. The summed E-state index contributed by atoms with van der Waals surface area (Å²) in [5.41, 5.74) is 1.73. The van der Waals surface area contributed by atoms with Crippen LogP contribution < -0.4 is 4.74 Å². The number of amides is 2. The predicted octanol–water partition coefficient (Wildman–Crippen LogP) is 6.22. The van der Waals surface area contributed by atoms with Gasteiger partial charge in [0.1, 0.15) is 18.9 Å². The zero-order valence-electron chi connectivity index (χ0n) is 19.2. The zero-order chi connectivity index (χ0) is 24.4. The van der Waals surface area contributed by atoms with E-state index in [2.05, 4.69) is 27.4 Å². The highest BCUT2D eigenvalue weighted by Crippen LogP contribution is 2.35. The molecule has 35 heavy (non-hydrogen) atoms. The first kappa shape index (κ1) is 24.3. The van der Waals surface area contributed by atoms with Gasteiger partial charge in [-0.3, -0.25) is 9.59 Å². The van der Waals surface area contributed by atoms with Crippen molar-refractivity contribution in [3.63, 3.8) is 0 Å². The molecule has 5 rings (SSSR count). The van der Waals surface area contributed by atoms with Crippen LogP contribution in [0.4, 0.5) is 0 Å². The molecule has 1 aromatic heterocycles. The number of fused-ring (bicyclic) bond motifs is 1. The molecule has 2 aromatic carbocycles. The highest BCUT2D eigenvalue weighted by molar-refractivity contribution is 9.10. The summed E-state index contributed by atoms with van der Waals surface area (Å²) in [7, 11) is 0. The molecule has 1 aliphatic heterocycles. The molecule has 1 aliphatic carbocycles. The molecule has 0 spiro atoms. The van der Waals surface area contributed by atoms with Gasteiger partial charge in [-0.05, 0) is 84.7 Å². The Morgan fingerprint density at radius 2 is 1.94 bits per heavy atom. The van der Waals surface area contributed by atoms with Crippen molar-refractivity contribution in [1.29, 1.82) is 0 Å². The molecule has 8 heteroatoms. The summed E-state index contributed by atoms with van der Waals surface area (Å²) in [6, 6.07) is 16.5. The third-order valence-electron chi connectivity index (χ3n) is 6.50. The van der Waals surface area contributed by atoms with Crippen LogP contribution in [0.1, 0.15) is 39.7 Å². The molecule has 0 N–H and O–H groups in total. The van der Waals surface area contributed by atoms with Crippen LogP contribution in [0.5, 0.6) is 5.75 Å². The first-order valence-electron chi connectivity index (χ1n) is 11.8.